The van der Waals surface area contributed by atoms with Gasteiger partial charge in [-0.05, 0) is 56.6 Å². The average molecular weight is 497 g/mol. The molecular weight excluding hydrogens is 476 g/mol. The van der Waals surface area contributed by atoms with E-state index >= 15 is 0 Å². The maximum absolute atomic E-state index is 6.51. The maximum atomic E-state index is 6.51. The summed E-state index contributed by atoms with van der Waals surface area (Å²) in [5.41, 5.74) is 5.65. The van der Waals surface area contributed by atoms with Crippen molar-refractivity contribution in [2.45, 2.75) is 0 Å². The topological polar surface area (TPSA) is 38.9 Å². The van der Waals surface area contributed by atoms with Crippen LogP contribution in [0.1, 0.15) is 0 Å². The van der Waals surface area contributed by atoms with Gasteiger partial charge in [-0.25, -0.2) is 9.97 Å². The first kappa shape index (κ1) is 20.7. The number of benzene rings is 7. The molecule has 0 saturated carbocycles. The predicted octanol–water partition coefficient (Wildman–Crippen LogP) is 9.76. The predicted molar refractivity (Wildman–Crippen MR) is 161 cm³/mol. The van der Waals surface area contributed by atoms with Crippen LogP contribution in [0.25, 0.3) is 87.8 Å². The average Bonchev–Trinajstić information content (AvgIpc) is 3.39. The molecular formula is C36H20N2O. The molecule has 0 aliphatic carbocycles. The summed E-state index contributed by atoms with van der Waals surface area (Å²) < 4.78 is 6.51. The summed E-state index contributed by atoms with van der Waals surface area (Å²) >= 11 is 0. The lowest BCUT2D eigenvalue weighted by molar-refractivity contribution is 0.669. The van der Waals surface area contributed by atoms with Crippen LogP contribution >= 0.6 is 0 Å². The number of nitrogens with zero attached hydrogens (tertiary/aromatic N) is 2. The fourth-order valence-electron chi connectivity index (χ4n) is 6.30. The summed E-state index contributed by atoms with van der Waals surface area (Å²) in [5, 5.41) is 10.7. The van der Waals surface area contributed by atoms with Gasteiger partial charge in [0, 0.05) is 27.3 Å². The monoisotopic (exact) mass is 496 g/mol. The summed E-state index contributed by atoms with van der Waals surface area (Å²) in [4.78, 5) is 10.2. The lowest BCUT2D eigenvalue weighted by atomic mass is 9.90. The molecule has 0 spiro atoms. The number of fused-ring (bicyclic) bond motifs is 6. The largest absolute Gasteiger partial charge is 0.456 e. The van der Waals surface area contributed by atoms with E-state index in [2.05, 4.69) is 103 Å². The summed E-state index contributed by atoms with van der Waals surface area (Å²) in [7, 11) is 0. The zero-order chi connectivity index (χ0) is 25.5. The Hall–Kier alpha value is -5.28. The molecule has 0 unspecified atom stereocenters. The summed E-state index contributed by atoms with van der Waals surface area (Å²) in [6.07, 6.45) is 0. The number of para-hydroxylation sites is 1. The van der Waals surface area contributed by atoms with E-state index in [0.29, 0.717) is 5.82 Å². The lowest BCUT2D eigenvalue weighted by Crippen LogP contribution is -1.95. The van der Waals surface area contributed by atoms with Crippen LogP contribution in [0, 0.1) is 0 Å². The van der Waals surface area contributed by atoms with Crippen molar-refractivity contribution >= 4 is 65.2 Å². The van der Waals surface area contributed by atoms with Crippen LogP contribution in [0.3, 0.4) is 0 Å². The first-order valence-corrected chi connectivity index (χ1v) is 13.2. The molecule has 180 valence electrons. The second-order valence-electron chi connectivity index (χ2n) is 10.2. The van der Waals surface area contributed by atoms with E-state index in [9.17, 15) is 0 Å². The number of aromatic nitrogens is 2. The summed E-state index contributed by atoms with van der Waals surface area (Å²) in [6, 6.07) is 42.4. The molecule has 0 radical (unpaired) electrons. The van der Waals surface area contributed by atoms with Crippen molar-refractivity contribution in [3.63, 3.8) is 0 Å². The highest BCUT2D eigenvalue weighted by Crippen LogP contribution is 2.46. The SMILES string of the molecule is c1ccc(-c2nc(-c3cc4oc5cccc6c7ccc8ccccc8c7c(c3)c4c56)nc3ccccc23)cc1. The fourth-order valence-corrected chi connectivity index (χ4v) is 6.30. The Balaban J connectivity index is 1.45. The summed E-state index contributed by atoms with van der Waals surface area (Å²) in [5.74, 6) is 0.693. The zero-order valence-corrected chi connectivity index (χ0v) is 20.8. The van der Waals surface area contributed by atoms with Crippen LogP contribution in [0.15, 0.2) is 126 Å². The van der Waals surface area contributed by atoms with Crippen LogP contribution in [0.2, 0.25) is 0 Å². The molecule has 9 rings (SSSR count). The van der Waals surface area contributed by atoms with Crippen molar-refractivity contribution in [2.75, 3.05) is 0 Å². The van der Waals surface area contributed by atoms with Gasteiger partial charge in [-0.15, -0.1) is 0 Å². The van der Waals surface area contributed by atoms with Gasteiger partial charge in [0.1, 0.15) is 11.2 Å². The van der Waals surface area contributed by atoms with Crippen molar-refractivity contribution in [2.24, 2.45) is 0 Å². The maximum Gasteiger partial charge on any atom is 0.160 e. The van der Waals surface area contributed by atoms with E-state index in [1.807, 2.05) is 18.2 Å². The molecule has 3 nitrogen and oxygen atoms in total. The van der Waals surface area contributed by atoms with Gasteiger partial charge in [0.15, 0.2) is 5.82 Å². The molecule has 0 bridgehead atoms. The van der Waals surface area contributed by atoms with Crippen molar-refractivity contribution in [3.05, 3.63) is 121 Å². The van der Waals surface area contributed by atoms with Gasteiger partial charge in [0.2, 0.25) is 0 Å². The van der Waals surface area contributed by atoms with Crippen LogP contribution in [0.5, 0.6) is 0 Å². The van der Waals surface area contributed by atoms with E-state index in [-0.39, 0.29) is 0 Å². The Kier molecular flexibility index (Phi) is 4.05. The second kappa shape index (κ2) is 7.62. The molecule has 39 heavy (non-hydrogen) atoms. The Morgan fingerprint density at radius 2 is 1.18 bits per heavy atom. The lowest BCUT2D eigenvalue weighted by Gasteiger charge is -2.13. The minimum Gasteiger partial charge on any atom is -0.456 e. The molecule has 0 aliphatic heterocycles. The van der Waals surface area contributed by atoms with Crippen molar-refractivity contribution in [1.82, 2.24) is 9.97 Å². The molecule has 0 aliphatic rings. The highest BCUT2D eigenvalue weighted by Gasteiger charge is 2.21. The van der Waals surface area contributed by atoms with Crippen LogP contribution < -0.4 is 0 Å². The van der Waals surface area contributed by atoms with Crippen LogP contribution in [-0.2, 0) is 0 Å². The van der Waals surface area contributed by atoms with Gasteiger partial charge in [-0.3, -0.25) is 0 Å². The smallest absolute Gasteiger partial charge is 0.160 e. The Labute approximate surface area is 223 Å². The zero-order valence-electron chi connectivity index (χ0n) is 20.8. The third kappa shape index (κ3) is 2.87. The Bertz CT molecular complexity index is 2390. The Morgan fingerprint density at radius 3 is 2.10 bits per heavy atom. The summed E-state index contributed by atoms with van der Waals surface area (Å²) in [6.45, 7) is 0. The van der Waals surface area contributed by atoms with Crippen molar-refractivity contribution < 1.29 is 4.42 Å². The molecule has 3 heteroatoms. The number of furan rings is 1. The highest BCUT2D eigenvalue weighted by molar-refractivity contribution is 6.37. The third-order valence-electron chi connectivity index (χ3n) is 8.00. The van der Waals surface area contributed by atoms with Gasteiger partial charge < -0.3 is 4.42 Å². The van der Waals surface area contributed by atoms with Gasteiger partial charge in [-0.1, -0.05) is 97.1 Å². The number of hydrogen-bond acceptors (Lipinski definition) is 3. The van der Waals surface area contributed by atoms with E-state index in [0.717, 1.165) is 44.3 Å². The van der Waals surface area contributed by atoms with Gasteiger partial charge in [0.05, 0.1) is 11.2 Å². The van der Waals surface area contributed by atoms with Crippen molar-refractivity contribution in [3.8, 4) is 22.6 Å². The van der Waals surface area contributed by atoms with E-state index in [4.69, 9.17) is 14.4 Å². The molecule has 0 amide bonds. The minimum absolute atomic E-state index is 0.693. The quantitative estimate of drug-likeness (QED) is 0.224. The molecule has 0 N–H and O–H groups in total. The standard InChI is InChI=1S/C36H20N2O/c1-2-10-22(11-3-1)35-27-13-6-7-15-29(27)37-36(38-35)23-19-28-32-24-12-5-4-9-21(24)17-18-26(32)25-14-8-16-30-33(25)34(28)31(20-23)39-30/h1-20H. The molecule has 0 fully saturated rings. The highest BCUT2D eigenvalue weighted by atomic mass is 16.3. The van der Waals surface area contributed by atoms with Crippen LogP contribution in [-0.4, -0.2) is 9.97 Å². The minimum atomic E-state index is 0.693. The first-order chi connectivity index (χ1) is 19.3. The van der Waals surface area contributed by atoms with Crippen molar-refractivity contribution in [1.29, 1.82) is 0 Å². The normalized spacial score (nSPS) is 12.1. The molecule has 7 aromatic carbocycles. The molecule has 9 aromatic rings. The molecule has 2 heterocycles. The van der Waals surface area contributed by atoms with Gasteiger partial charge >= 0.3 is 0 Å². The first-order valence-electron chi connectivity index (χ1n) is 13.2. The van der Waals surface area contributed by atoms with Crippen LogP contribution in [0.4, 0.5) is 0 Å². The van der Waals surface area contributed by atoms with E-state index in [1.165, 1.54) is 37.7 Å². The molecule has 0 atom stereocenters. The Morgan fingerprint density at radius 1 is 0.436 bits per heavy atom. The molecule has 0 saturated heterocycles. The number of hydrogen-bond donors (Lipinski definition) is 0. The fraction of sp³-hybridized carbons (Fsp3) is 0. The number of rotatable bonds is 2. The van der Waals surface area contributed by atoms with E-state index in [1.54, 1.807) is 0 Å². The molecule has 2 aromatic heterocycles. The van der Waals surface area contributed by atoms with E-state index < -0.39 is 0 Å². The second-order valence-corrected chi connectivity index (χ2v) is 10.2. The van der Waals surface area contributed by atoms with Gasteiger partial charge in [0.25, 0.3) is 0 Å². The third-order valence-corrected chi connectivity index (χ3v) is 8.00. The van der Waals surface area contributed by atoms with Gasteiger partial charge in [-0.2, -0.15) is 0 Å².